The van der Waals surface area contributed by atoms with Gasteiger partial charge in [0.2, 0.25) is 0 Å². The Bertz CT molecular complexity index is 446. The summed E-state index contributed by atoms with van der Waals surface area (Å²) in [6.45, 7) is 0.450. The second-order valence-electron chi connectivity index (χ2n) is 7.12. The Morgan fingerprint density at radius 2 is 0.800 bits per heavy atom. The van der Waals surface area contributed by atoms with Crippen molar-refractivity contribution >= 4 is 17.9 Å². The molecule has 0 fully saturated rings. The van der Waals surface area contributed by atoms with E-state index < -0.39 is 12.6 Å². The molecule has 0 aliphatic carbocycles. The maximum Gasteiger partial charge on any atom is 0.331 e. The molecule has 0 aromatic carbocycles. The fraction of sp³-hybridized carbons (Fsp3) is 0.870. The van der Waals surface area contributed by atoms with E-state index in [4.69, 9.17) is 35.4 Å². The number of ether oxygens (including phenoxy) is 3. The summed E-state index contributed by atoms with van der Waals surface area (Å²) in [5.41, 5.74) is 0. The van der Waals surface area contributed by atoms with E-state index in [-0.39, 0.29) is 58.2 Å². The number of carbonyl (C=O) groups excluding carboxylic acids is 3. The highest BCUT2D eigenvalue weighted by Crippen LogP contribution is 2.01. The van der Waals surface area contributed by atoms with Crippen LogP contribution in [-0.4, -0.2) is 108 Å². The molecule has 0 rings (SSSR count). The van der Waals surface area contributed by atoms with Gasteiger partial charge in [0.15, 0.2) is 0 Å². The van der Waals surface area contributed by atoms with E-state index in [1.54, 1.807) is 0 Å². The Morgan fingerprint density at radius 1 is 0.400 bits per heavy atom. The van der Waals surface area contributed by atoms with Crippen LogP contribution in [-0.2, 0) is 28.6 Å². The summed E-state index contributed by atoms with van der Waals surface area (Å²) in [6, 6.07) is 0. The zero-order valence-electron chi connectivity index (χ0n) is 20.8. The van der Waals surface area contributed by atoms with Gasteiger partial charge in [0.05, 0.1) is 19.8 Å². The van der Waals surface area contributed by atoms with Crippen LogP contribution in [0.1, 0.15) is 70.6 Å². The summed E-state index contributed by atoms with van der Waals surface area (Å²) >= 11 is 0. The number of hydrogen-bond donors (Lipinski definition) is 6. The second-order valence-corrected chi connectivity index (χ2v) is 7.12. The van der Waals surface area contributed by atoms with E-state index in [0.717, 1.165) is 44.9 Å². The van der Waals surface area contributed by atoms with Crippen LogP contribution in [0.3, 0.4) is 0 Å². The molecule has 12 heteroatoms. The third-order valence-corrected chi connectivity index (χ3v) is 3.94. The van der Waals surface area contributed by atoms with Crippen molar-refractivity contribution in [2.45, 2.75) is 70.6 Å². The van der Waals surface area contributed by atoms with E-state index in [0.29, 0.717) is 32.3 Å². The summed E-state index contributed by atoms with van der Waals surface area (Å²) in [5, 5.41) is 50.0. The van der Waals surface area contributed by atoms with Crippen LogP contribution in [0.15, 0.2) is 0 Å². The van der Waals surface area contributed by atoms with E-state index in [9.17, 15) is 14.4 Å². The highest BCUT2D eigenvalue weighted by molar-refractivity contribution is 5.70. The van der Waals surface area contributed by atoms with Crippen molar-refractivity contribution in [2.75, 3.05) is 59.5 Å². The Kier molecular flexibility index (Phi) is 37.0. The SMILES string of the molecule is O=C(CCCCCO)OCCCCO.O=C(CCCCCO)OCCO.O=C(CO)OCCCO. The van der Waals surface area contributed by atoms with Crippen molar-refractivity contribution in [3.8, 4) is 0 Å². The van der Waals surface area contributed by atoms with E-state index in [1.165, 1.54) is 0 Å². The van der Waals surface area contributed by atoms with Crippen LogP contribution in [0.2, 0.25) is 0 Å². The monoisotopic (exact) mass is 514 g/mol. The summed E-state index contributed by atoms with van der Waals surface area (Å²) in [6.07, 6.45) is 7.32. The molecule has 0 aromatic rings. The molecule has 0 atom stereocenters. The molecule has 0 aliphatic heterocycles. The lowest BCUT2D eigenvalue weighted by molar-refractivity contribution is -0.147. The third-order valence-electron chi connectivity index (χ3n) is 3.94. The number of carbonyl (C=O) groups is 3. The first kappa shape index (κ1) is 37.7. The van der Waals surface area contributed by atoms with Crippen LogP contribution in [0.5, 0.6) is 0 Å². The number of aliphatic hydroxyl groups is 6. The van der Waals surface area contributed by atoms with E-state index >= 15 is 0 Å². The maximum absolute atomic E-state index is 11.0. The predicted octanol–water partition coefficient (Wildman–Crippen LogP) is -0.166. The standard InChI is InChI=1S/C10H20O4.C8H16O4.C5H10O4/c11-7-3-1-2-6-10(13)14-9-5-4-8-12;9-5-3-1-2-4-8(11)12-7-6-10;6-2-1-3-9-5(8)4-7/h11-12H,1-9H2;9-10H,1-7H2;6-7H,1-4H2. The Hall–Kier alpha value is -1.83. The molecule has 0 heterocycles. The summed E-state index contributed by atoms with van der Waals surface area (Å²) in [4.78, 5) is 31.9. The molecular formula is C23H46O12. The first-order valence-corrected chi connectivity index (χ1v) is 12.0. The molecule has 0 aliphatic rings. The molecule has 0 saturated heterocycles. The van der Waals surface area contributed by atoms with Crippen LogP contribution in [0.4, 0.5) is 0 Å². The normalized spacial score (nSPS) is 9.77. The van der Waals surface area contributed by atoms with Crippen molar-refractivity contribution in [3.63, 3.8) is 0 Å². The van der Waals surface area contributed by atoms with Crippen molar-refractivity contribution in [3.05, 3.63) is 0 Å². The Morgan fingerprint density at radius 3 is 1.23 bits per heavy atom. The molecule has 0 amide bonds. The molecule has 0 spiro atoms. The molecule has 0 aromatic heterocycles. The van der Waals surface area contributed by atoms with Gasteiger partial charge in [-0.05, 0) is 38.5 Å². The smallest absolute Gasteiger partial charge is 0.331 e. The number of hydrogen-bond acceptors (Lipinski definition) is 12. The van der Waals surface area contributed by atoms with Gasteiger partial charge in [-0.25, -0.2) is 4.79 Å². The molecule has 0 saturated carbocycles. The minimum Gasteiger partial charge on any atom is -0.466 e. The molecule has 0 bridgehead atoms. The van der Waals surface area contributed by atoms with E-state index in [1.807, 2.05) is 0 Å². The number of esters is 3. The zero-order chi connectivity index (χ0) is 27.0. The summed E-state index contributed by atoms with van der Waals surface area (Å²) in [7, 11) is 0. The largest absolute Gasteiger partial charge is 0.466 e. The maximum atomic E-state index is 11.0. The predicted molar refractivity (Wildman–Crippen MR) is 126 cm³/mol. The third kappa shape index (κ3) is 39.7. The van der Waals surface area contributed by atoms with Gasteiger partial charge in [-0.1, -0.05) is 12.8 Å². The van der Waals surface area contributed by atoms with Crippen LogP contribution in [0.25, 0.3) is 0 Å². The Labute approximate surface area is 207 Å². The zero-order valence-corrected chi connectivity index (χ0v) is 20.8. The van der Waals surface area contributed by atoms with Crippen molar-refractivity contribution in [2.24, 2.45) is 0 Å². The van der Waals surface area contributed by atoms with Gasteiger partial charge in [-0.15, -0.1) is 0 Å². The number of unbranched alkanes of at least 4 members (excludes halogenated alkanes) is 5. The average molecular weight is 515 g/mol. The minimum absolute atomic E-state index is 0.00128. The van der Waals surface area contributed by atoms with Gasteiger partial charge in [0.1, 0.15) is 13.2 Å². The molecule has 0 unspecified atom stereocenters. The number of aliphatic hydroxyl groups excluding tert-OH is 6. The van der Waals surface area contributed by atoms with Gasteiger partial charge in [0.25, 0.3) is 0 Å². The van der Waals surface area contributed by atoms with Gasteiger partial charge < -0.3 is 44.8 Å². The topological polar surface area (TPSA) is 200 Å². The van der Waals surface area contributed by atoms with E-state index in [2.05, 4.69) is 9.47 Å². The highest BCUT2D eigenvalue weighted by atomic mass is 16.5. The van der Waals surface area contributed by atoms with Crippen LogP contribution < -0.4 is 0 Å². The fourth-order valence-corrected chi connectivity index (χ4v) is 2.12. The molecule has 6 N–H and O–H groups in total. The van der Waals surface area contributed by atoms with Gasteiger partial charge >= 0.3 is 17.9 Å². The summed E-state index contributed by atoms with van der Waals surface area (Å²) < 4.78 is 13.9. The lowest BCUT2D eigenvalue weighted by atomic mass is 10.2. The molecule has 0 radical (unpaired) electrons. The highest BCUT2D eigenvalue weighted by Gasteiger charge is 2.02. The van der Waals surface area contributed by atoms with Crippen molar-refractivity contribution < 1.29 is 59.2 Å². The Balaban J connectivity index is -0.000000450. The lowest BCUT2D eigenvalue weighted by Crippen LogP contribution is -2.10. The average Bonchev–Trinajstić information content (AvgIpc) is 2.86. The first-order valence-electron chi connectivity index (χ1n) is 12.0. The quantitative estimate of drug-likeness (QED) is 0.0713. The second kappa shape index (κ2) is 34.3. The van der Waals surface area contributed by atoms with Crippen molar-refractivity contribution in [1.29, 1.82) is 0 Å². The molecule has 35 heavy (non-hydrogen) atoms. The lowest BCUT2D eigenvalue weighted by Gasteiger charge is -2.03. The van der Waals surface area contributed by atoms with Gasteiger partial charge in [-0.2, -0.15) is 0 Å². The number of rotatable bonds is 20. The fourth-order valence-electron chi connectivity index (χ4n) is 2.12. The first-order chi connectivity index (χ1) is 16.9. The molecule has 210 valence electrons. The summed E-state index contributed by atoms with van der Waals surface area (Å²) in [5.74, 6) is -1.11. The van der Waals surface area contributed by atoms with Crippen molar-refractivity contribution in [1.82, 2.24) is 0 Å². The molecular weight excluding hydrogens is 468 g/mol. The molecule has 12 nitrogen and oxygen atoms in total. The van der Waals surface area contributed by atoms with Gasteiger partial charge in [0, 0.05) is 45.7 Å². The van der Waals surface area contributed by atoms with Crippen LogP contribution in [0, 0.1) is 0 Å². The van der Waals surface area contributed by atoms with Gasteiger partial charge in [-0.3, -0.25) is 9.59 Å². The van der Waals surface area contributed by atoms with Crippen LogP contribution >= 0.6 is 0 Å². The minimum atomic E-state index is -0.650.